The summed E-state index contributed by atoms with van der Waals surface area (Å²) in [5.74, 6) is -0.607. The highest BCUT2D eigenvalue weighted by Crippen LogP contribution is 2.29. The van der Waals surface area contributed by atoms with Crippen LogP contribution in [0.1, 0.15) is 45.7 Å². The SMILES string of the molecule is Cc1cc([C@@H](C)Nc2ccc(Cl)nc2C(=O)O)c2nc(N3Cc4ccncc4C3)cc(=O)n2c1. The summed E-state index contributed by atoms with van der Waals surface area (Å²) < 4.78 is 1.52. The molecule has 1 aliphatic rings. The standard InChI is InChI=1S/C24H21ClN6O3/c1-13-7-17(14(2)27-18-3-4-19(25)28-22(18)24(33)34)23-29-20(8-21(32)31(23)10-13)30-11-15-5-6-26-9-16(15)12-30/h3-10,14,27H,11-12H2,1-2H3,(H,33,34)/t14-/m1/s1. The van der Waals surface area contributed by atoms with Crippen LogP contribution in [0.2, 0.25) is 5.15 Å². The number of carbonyl (C=O) groups is 1. The lowest BCUT2D eigenvalue weighted by molar-refractivity contribution is 0.0691. The summed E-state index contributed by atoms with van der Waals surface area (Å²) in [5, 5.41) is 12.8. The number of carboxylic acid groups (broad SMARTS) is 1. The molecule has 0 aromatic carbocycles. The van der Waals surface area contributed by atoms with Gasteiger partial charge in [0.15, 0.2) is 5.69 Å². The molecule has 5 rings (SSSR count). The van der Waals surface area contributed by atoms with E-state index in [1.165, 1.54) is 10.5 Å². The van der Waals surface area contributed by atoms with Crippen molar-refractivity contribution in [3.05, 3.63) is 92.4 Å². The first-order valence-electron chi connectivity index (χ1n) is 10.7. The number of aromatic nitrogens is 4. The van der Waals surface area contributed by atoms with Crippen LogP contribution >= 0.6 is 11.6 Å². The number of fused-ring (bicyclic) bond motifs is 2. The highest BCUT2D eigenvalue weighted by molar-refractivity contribution is 6.29. The normalized spacial score (nSPS) is 13.7. The molecule has 1 aliphatic heterocycles. The summed E-state index contributed by atoms with van der Waals surface area (Å²) in [5.41, 5.74) is 4.36. The predicted octanol–water partition coefficient (Wildman–Crippen LogP) is 3.84. The number of hydrogen-bond acceptors (Lipinski definition) is 7. The highest BCUT2D eigenvalue weighted by atomic mass is 35.5. The van der Waals surface area contributed by atoms with E-state index in [9.17, 15) is 14.7 Å². The van der Waals surface area contributed by atoms with Crippen LogP contribution in [0.5, 0.6) is 0 Å². The monoisotopic (exact) mass is 476 g/mol. The Bertz CT molecular complexity index is 1480. The molecule has 0 saturated carbocycles. The molecule has 0 saturated heterocycles. The van der Waals surface area contributed by atoms with E-state index < -0.39 is 5.97 Å². The molecular weight excluding hydrogens is 456 g/mol. The molecule has 0 spiro atoms. The van der Waals surface area contributed by atoms with Crippen molar-refractivity contribution >= 4 is 34.7 Å². The minimum Gasteiger partial charge on any atom is -0.476 e. The fraction of sp³-hybridized carbons (Fsp3) is 0.208. The summed E-state index contributed by atoms with van der Waals surface area (Å²) in [7, 11) is 0. The van der Waals surface area contributed by atoms with Gasteiger partial charge in [0.25, 0.3) is 5.56 Å². The van der Waals surface area contributed by atoms with Crippen LogP contribution < -0.4 is 15.8 Å². The number of carboxylic acids is 1. The lowest BCUT2D eigenvalue weighted by Crippen LogP contribution is -2.23. The van der Waals surface area contributed by atoms with Crippen molar-refractivity contribution in [2.75, 3.05) is 10.2 Å². The van der Waals surface area contributed by atoms with Gasteiger partial charge in [-0.05, 0) is 54.8 Å². The van der Waals surface area contributed by atoms with Crippen LogP contribution in [0.3, 0.4) is 0 Å². The second kappa shape index (κ2) is 8.42. The Balaban J connectivity index is 1.56. The first-order chi connectivity index (χ1) is 16.3. The zero-order valence-corrected chi connectivity index (χ0v) is 19.2. The van der Waals surface area contributed by atoms with Gasteiger partial charge in [-0.25, -0.2) is 14.8 Å². The van der Waals surface area contributed by atoms with Gasteiger partial charge in [-0.3, -0.25) is 14.2 Å². The fourth-order valence-corrected chi connectivity index (χ4v) is 4.39. The number of halogens is 1. The van der Waals surface area contributed by atoms with E-state index in [1.54, 1.807) is 24.5 Å². The molecule has 10 heteroatoms. The van der Waals surface area contributed by atoms with Crippen molar-refractivity contribution in [3.63, 3.8) is 0 Å². The van der Waals surface area contributed by atoms with Crippen molar-refractivity contribution in [1.82, 2.24) is 19.4 Å². The largest absolute Gasteiger partial charge is 0.476 e. The fourth-order valence-electron chi connectivity index (χ4n) is 4.25. The molecule has 0 unspecified atom stereocenters. The molecule has 0 radical (unpaired) electrons. The van der Waals surface area contributed by atoms with Crippen LogP contribution in [0.25, 0.3) is 5.65 Å². The molecular formula is C24H21ClN6O3. The topological polar surface area (TPSA) is 113 Å². The second-order valence-corrected chi connectivity index (χ2v) is 8.71. The van der Waals surface area contributed by atoms with Crippen LogP contribution in [0.15, 0.2) is 53.7 Å². The van der Waals surface area contributed by atoms with Crippen LogP contribution in [-0.4, -0.2) is 30.4 Å². The van der Waals surface area contributed by atoms with E-state index in [0.29, 0.717) is 30.2 Å². The molecule has 4 aromatic rings. The number of rotatable bonds is 5. The maximum Gasteiger partial charge on any atom is 0.356 e. The maximum absolute atomic E-state index is 13.1. The molecule has 2 N–H and O–H groups in total. The van der Waals surface area contributed by atoms with Crippen molar-refractivity contribution in [2.45, 2.75) is 33.0 Å². The molecule has 34 heavy (non-hydrogen) atoms. The molecule has 5 heterocycles. The predicted molar refractivity (Wildman–Crippen MR) is 129 cm³/mol. The number of hydrogen-bond donors (Lipinski definition) is 2. The number of aryl methyl sites for hydroxylation is 1. The Morgan fingerprint density at radius 3 is 2.74 bits per heavy atom. The average molecular weight is 477 g/mol. The molecule has 4 aromatic heterocycles. The maximum atomic E-state index is 13.1. The Hall–Kier alpha value is -3.98. The molecule has 1 atom stereocenters. The first kappa shape index (κ1) is 21.8. The molecule has 0 aliphatic carbocycles. The van der Waals surface area contributed by atoms with Gasteiger partial charge in [-0.1, -0.05) is 11.6 Å². The average Bonchev–Trinajstić information content (AvgIpc) is 3.24. The Kier molecular flexibility index (Phi) is 5.41. The van der Waals surface area contributed by atoms with Gasteiger partial charge in [0, 0.05) is 43.3 Å². The zero-order chi connectivity index (χ0) is 24.0. The van der Waals surface area contributed by atoms with Crippen LogP contribution in [0.4, 0.5) is 11.5 Å². The third-order valence-electron chi connectivity index (χ3n) is 5.87. The first-order valence-corrected chi connectivity index (χ1v) is 11.0. The van der Waals surface area contributed by atoms with Gasteiger partial charge in [-0.15, -0.1) is 0 Å². The van der Waals surface area contributed by atoms with Crippen molar-refractivity contribution < 1.29 is 9.90 Å². The smallest absolute Gasteiger partial charge is 0.356 e. The van der Waals surface area contributed by atoms with Crippen molar-refractivity contribution in [2.24, 2.45) is 0 Å². The molecule has 0 bridgehead atoms. The Morgan fingerprint density at radius 2 is 1.97 bits per heavy atom. The van der Waals surface area contributed by atoms with Gasteiger partial charge in [-0.2, -0.15) is 0 Å². The van der Waals surface area contributed by atoms with Crippen LogP contribution in [0, 0.1) is 6.92 Å². The quantitative estimate of drug-likeness (QED) is 0.418. The summed E-state index contributed by atoms with van der Waals surface area (Å²) >= 11 is 5.89. The van der Waals surface area contributed by atoms with Crippen molar-refractivity contribution in [3.8, 4) is 0 Å². The summed E-state index contributed by atoms with van der Waals surface area (Å²) in [6, 6.07) is 8.18. The third-order valence-corrected chi connectivity index (χ3v) is 6.08. The van der Waals surface area contributed by atoms with E-state index in [1.807, 2.05) is 37.1 Å². The van der Waals surface area contributed by atoms with E-state index in [2.05, 4.69) is 15.3 Å². The van der Waals surface area contributed by atoms with Gasteiger partial charge in [0.1, 0.15) is 16.6 Å². The van der Waals surface area contributed by atoms with Gasteiger partial charge in [0.2, 0.25) is 0 Å². The number of anilines is 2. The van der Waals surface area contributed by atoms with Gasteiger partial charge in [0.05, 0.1) is 11.7 Å². The Labute approximate surface area is 199 Å². The number of aromatic carboxylic acids is 1. The Morgan fingerprint density at radius 1 is 1.18 bits per heavy atom. The number of nitrogens with one attached hydrogen (secondary N) is 1. The van der Waals surface area contributed by atoms with Gasteiger partial charge < -0.3 is 15.3 Å². The number of pyridine rings is 3. The number of nitrogens with zero attached hydrogens (tertiary/aromatic N) is 5. The van der Waals surface area contributed by atoms with Gasteiger partial charge >= 0.3 is 5.97 Å². The highest BCUT2D eigenvalue weighted by Gasteiger charge is 2.23. The summed E-state index contributed by atoms with van der Waals surface area (Å²) in [6.45, 7) is 5.05. The van der Waals surface area contributed by atoms with Crippen molar-refractivity contribution in [1.29, 1.82) is 0 Å². The lowest BCUT2D eigenvalue weighted by atomic mass is 10.1. The lowest BCUT2D eigenvalue weighted by Gasteiger charge is -2.21. The molecule has 172 valence electrons. The molecule has 0 fully saturated rings. The van der Waals surface area contributed by atoms with E-state index in [-0.39, 0.29) is 22.4 Å². The summed E-state index contributed by atoms with van der Waals surface area (Å²) in [6.07, 6.45) is 5.35. The molecule has 0 amide bonds. The van der Waals surface area contributed by atoms with E-state index in [0.717, 1.165) is 22.3 Å². The minimum absolute atomic E-state index is 0.0938. The van der Waals surface area contributed by atoms with Crippen LogP contribution in [-0.2, 0) is 13.1 Å². The molecule has 9 nitrogen and oxygen atoms in total. The second-order valence-electron chi connectivity index (χ2n) is 8.32. The zero-order valence-electron chi connectivity index (χ0n) is 18.5. The third kappa shape index (κ3) is 3.94. The van der Waals surface area contributed by atoms with E-state index in [4.69, 9.17) is 16.6 Å². The minimum atomic E-state index is -1.19. The summed E-state index contributed by atoms with van der Waals surface area (Å²) in [4.78, 5) is 39.7. The van der Waals surface area contributed by atoms with E-state index >= 15 is 0 Å².